The first-order valence-corrected chi connectivity index (χ1v) is 19.3. The van der Waals surface area contributed by atoms with Crippen LogP contribution in [0.15, 0.2) is 48.5 Å². The molecular formula is C40H61N3O6S. The molecule has 2 N–H and O–H groups in total. The summed E-state index contributed by atoms with van der Waals surface area (Å²) in [7, 11) is 0. The Kier molecular flexibility index (Phi) is 17.4. The highest BCUT2D eigenvalue weighted by atomic mass is 32.2. The van der Waals surface area contributed by atoms with Crippen molar-refractivity contribution in [1.29, 1.82) is 0 Å². The number of rotatable bonds is 18. The van der Waals surface area contributed by atoms with E-state index in [1.54, 1.807) is 58.2 Å². The van der Waals surface area contributed by atoms with Gasteiger partial charge in [-0.25, -0.2) is 9.59 Å². The van der Waals surface area contributed by atoms with Crippen LogP contribution in [0.25, 0.3) is 0 Å². The molecule has 0 aliphatic carbocycles. The highest BCUT2D eigenvalue weighted by Gasteiger charge is 2.38. The van der Waals surface area contributed by atoms with E-state index in [0.717, 1.165) is 42.4 Å². The van der Waals surface area contributed by atoms with Crippen LogP contribution in [0.5, 0.6) is 0 Å². The Labute approximate surface area is 305 Å². The first kappa shape index (κ1) is 42.6. The molecule has 0 saturated carbocycles. The summed E-state index contributed by atoms with van der Waals surface area (Å²) in [5.74, 6) is -0.827. The van der Waals surface area contributed by atoms with Crippen LogP contribution >= 0.6 is 11.8 Å². The number of carbonyl (C=O) groups excluding carboxylic acids is 4. The van der Waals surface area contributed by atoms with Crippen molar-refractivity contribution in [2.45, 2.75) is 137 Å². The predicted molar refractivity (Wildman–Crippen MR) is 203 cm³/mol. The number of esters is 1. The smallest absolute Gasteiger partial charge is 0.408 e. The van der Waals surface area contributed by atoms with E-state index in [2.05, 4.69) is 17.6 Å². The van der Waals surface area contributed by atoms with Gasteiger partial charge < -0.3 is 25.0 Å². The van der Waals surface area contributed by atoms with E-state index in [1.165, 1.54) is 0 Å². The van der Waals surface area contributed by atoms with Gasteiger partial charge >= 0.3 is 12.1 Å². The second-order valence-corrected chi connectivity index (χ2v) is 16.0. The summed E-state index contributed by atoms with van der Waals surface area (Å²) < 4.78 is 11.3. The molecule has 0 aromatic heterocycles. The normalized spacial score (nSPS) is 13.5. The third-order valence-electron chi connectivity index (χ3n) is 7.80. The fourth-order valence-corrected chi connectivity index (χ4v) is 6.17. The molecule has 2 aromatic rings. The first-order valence-electron chi connectivity index (χ1n) is 17.9. The van der Waals surface area contributed by atoms with Crippen molar-refractivity contribution in [3.05, 3.63) is 70.8 Å². The molecule has 2 rings (SSSR count). The lowest BCUT2D eigenvalue weighted by atomic mass is 9.97. The monoisotopic (exact) mass is 711 g/mol. The number of nitrogens with zero attached hydrogens (tertiary/aromatic N) is 1. The van der Waals surface area contributed by atoms with Crippen LogP contribution in [-0.4, -0.2) is 70.6 Å². The maximum absolute atomic E-state index is 14.7. The fourth-order valence-electron chi connectivity index (χ4n) is 5.70. The van der Waals surface area contributed by atoms with Crippen molar-refractivity contribution in [2.75, 3.05) is 18.6 Å². The summed E-state index contributed by atoms with van der Waals surface area (Å²) in [6, 6.07) is 12.3. The lowest BCUT2D eigenvalue weighted by Gasteiger charge is -2.35. The van der Waals surface area contributed by atoms with Crippen LogP contribution in [0.3, 0.4) is 0 Å². The van der Waals surface area contributed by atoms with Crippen molar-refractivity contribution >= 4 is 35.6 Å². The number of carbonyl (C=O) groups is 4. The maximum Gasteiger partial charge on any atom is 0.408 e. The molecule has 0 fully saturated rings. The number of alkyl carbamates (subject to hydrolysis) is 1. The summed E-state index contributed by atoms with van der Waals surface area (Å²) >= 11 is 1.56. The van der Waals surface area contributed by atoms with Gasteiger partial charge in [-0.15, -0.1) is 0 Å². The van der Waals surface area contributed by atoms with Crippen LogP contribution in [-0.2, 0) is 30.3 Å². The van der Waals surface area contributed by atoms with E-state index >= 15 is 0 Å². The SMILES string of the molecule is CCCCCCCN(C(=O)C(CCSC)NC(=O)OC(C)(C)C)C(C(=O)NC(Cc1ccccc1)C(=O)OC(C)(C)C)c1cc(C)cc(C)c1. The van der Waals surface area contributed by atoms with Gasteiger partial charge in [0.15, 0.2) is 0 Å². The molecule has 50 heavy (non-hydrogen) atoms. The molecule has 2 aromatic carbocycles. The molecule has 0 heterocycles. The van der Waals surface area contributed by atoms with E-state index < -0.39 is 47.3 Å². The largest absolute Gasteiger partial charge is 0.458 e. The van der Waals surface area contributed by atoms with Crippen molar-refractivity contribution in [2.24, 2.45) is 0 Å². The minimum Gasteiger partial charge on any atom is -0.458 e. The number of aryl methyl sites for hydroxylation is 2. The zero-order chi connectivity index (χ0) is 37.5. The van der Waals surface area contributed by atoms with Crippen molar-refractivity contribution in [3.8, 4) is 0 Å². The number of benzene rings is 2. The highest BCUT2D eigenvalue weighted by Crippen LogP contribution is 2.27. The van der Waals surface area contributed by atoms with Crippen LogP contribution in [0.4, 0.5) is 4.79 Å². The van der Waals surface area contributed by atoms with Crippen molar-refractivity contribution < 1.29 is 28.7 Å². The van der Waals surface area contributed by atoms with Crippen LogP contribution in [0.1, 0.15) is 115 Å². The quantitative estimate of drug-likeness (QED) is 0.120. The lowest BCUT2D eigenvalue weighted by Crippen LogP contribution is -2.55. The third kappa shape index (κ3) is 15.6. The Morgan fingerprint density at radius 2 is 1.40 bits per heavy atom. The van der Waals surface area contributed by atoms with Crippen molar-refractivity contribution in [3.63, 3.8) is 0 Å². The Hall–Kier alpha value is -3.53. The number of thioether (sulfide) groups is 1. The molecule has 0 aliphatic heterocycles. The predicted octanol–water partition coefficient (Wildman–Crippen LogP) is 7.86. The van der Waals surface area contributed by atoms with Crippen molar-refractivity contribution in [1.82, 2.24) is 15.5 Å². The zero-order valence-corrected chi connectivity index (χ0v) is 32.8. The molecule has 3 amide bonds. The number of nitrogens with one attached hydrogen (secondary N) is 2. The van der Waals surface area contributed by atoms with Crippen LogP contribution < -0.4 is 10.6 Å². The van der Waals surface area contributed by atoms with Gasteiger partial charge in [-0.3, -0.25) is 9.59 Å². The Bertz CT molecular complexity index is 1370. The molecule has 0 saturated heterocycles. The van der Waals surface area contributed by atoms with Gasteiger partial charge in [0.2, 0.25) is 11.8 Å². The van der Waals surface area contributed by atoms with E-state index in [1.807, 2.05) is 68.6 Å². The number of ether oxygens (including phenoxy) is 2. The topological polar surface area (TPSA) is 114 Å². The second kappa shape index (κ2) is 20.4. The standard InChI is InChI=1S/C40H61N3O6S/c1-11-12-13-14-18-22-43(36(45)32(21-23-50-10)42-38(47)49-40(7,8)9)34(31-25-28(2)24-29(3)26-31)35(44)41-33(37(46)48-39(4,5)6)27-30-19-16-15-17-20-30/h15-17,19-20,24-26,32-34H,11-14,18,21-23,27H2,1-10H3,(H,41,44)(H,42,47). The summed E-state index contributed by atoms with van der Waals surface area (Å²) in [6.07, 6.45) is 6.50. The van der Waals surface area contributed by atoms with E-state index in [-0.39, 0.29) is 18.9 Å². The van der Waals surface area contributed by atoms with Crippen LogP contribution in [0.2, 0.25) is 0 Å². The first-order chi connectivity index (χ1) is 23.4. The molecule has 3 atom stereocenters. The molecule has 0 spiro atoms. The Morgan fingerprint density at radius 1 is 0.800 bits per heavy atom. The maximum atomic E-state index is 14.7. The molecule has 0 aliphatic rings. The molecular weight excluding hydrogens is 651 g/mol. The Morgan fingerprint density at radius 3 is 1.96 bits per heavy atom. The minimum absolute atomic E-state index is 0.211. The molecule has 9 nitrogen and oxygen atoms in total. The molecule has 3 unspecified atom stereocenters. The molecule has 0 radical (unpaired) electrons. The fraction of sp³-hybridized carbons (Fsp3) is 0.600. The summed E-state index contributed by atoms with van der Waals surface area (Å²) in [6.45, 7) is 17.0. The zero-order valence-electron chi connectivity index (χ0n) is 32.0. The summed E-state index contributed by atoms with van der Waals surface area (Å²) in [5, 5.41) is 5.82. The molecule has 10 heteroatoms. The van der Waals surface area contributed by atoms with E-state index in [0.29, 0.717) is 24.2 Å². The van der Waals surface area contributed by atoms with Gasteiger partial charge in [0.05, 0.1) is 0 Å². The average Bonchev–Trinajstić information content (AvgIpc) is 3.00. The molecule has 0 bridgehead atoms. The Balaban J connectivity index is 2.67. The minimum atomic E-state index is -1.08. The number of hydrogen-bond acceptors (Lipinski definition) is 7. The van der Waals surface area contributed by atoms with Gasteiger partial charge in [0.25, 0.3) is 0 Å². The second-order valence-electron chi connectivity index (χ2n) is 15.0. The average molecular weight is 712 g/mol. The molecule has 278 valence electrons. The number of hydrogen-bond donors (Lipinski definition) is 2. The third-order valence-corrected chi connectivity index (χ3v) is 8.44. The van der Waals surface area contributed by atoms with Gasteiger partial charge in [0.1, 0.15) is 29.3 Å². The van der Waals surface area contributed by atoms with E-state index in [9.17, 15) is 19.2 Å². The summed E-state index contributed by atoms with van der Waals surface area (Å²) in [4.78, 5) is 57.7. The highest BCUT2D eigenvalue weighted by molar-refractivity contribution is 7.98. The van der Waals surface area contributed by atoms with Gasteiger partial charge in [-0.05, 0) is 91.4 Å². The van der Waals surface area contributed by atoms with Gasteiger partial charge in [-0.1, -0.05) is 92.3 Å². The van der Waals surface area contributed by atoms with Crippen LogP contribution in [0, 0.1) is 13.8 Å². The summed E-state index contributed by atoms with van der Waals surface area (Å²) in [5.41, 5.74) is 1.83. The van der Waals surface area contributed by atoms with Gasteiger partial charge in [-0.2, -0.15) is 11.8 Å². The van der Waals surface area contributed by atoms with E-state index in [4.69, 9.17) is 9.47 Å². The van der Waals surface area contributed by atoms with Gasteiger partial charge in [0, 0.05) is 13.0 Å². The number of unbranched alkanes of at least 4 members (excludes halogenated alkanes) is 4. The number of amides is 3. The lowest BCUT2D eigenvalue weighted by molar-refractivity contribution is -0.159.